The highest BCUT2D eigenvalue weighted by Crippen LogP contribution is 2.41. The van der Waals surface area contributed by atoms with Gasteiger partial charge in [-0.2, -0.15) is 0 Å². The predicted molar refractivity (Wildman–Crippen MR) is 77.7 cm³/mol. The quantitative estimate of drug-likeness (QED) is 0.576. The highest BCUT2D eigenvalue weighted by atomic mass is 17.2. The van der Waals surface area contributed by atoms with Gasteiger partial charge < -0.3 is 9.47 Å². The Morgan fingerprint density at radius 1 is 0.864 bits per heavy atom. The van der Waals surface area contributed by atoms with E-state index in [2.05, 4.69) is 0 Å². The third kappa shape index (κ3) is 3.98. The maximum atomic E-state index is 12.5. The molecule has 2 aliphatic rings. The molecule has 0 amide bonds. The molecule has 0 aromatic heterocycles. The highest BCUT2D eigenvalue weighted by Gasteiger charge is 2.55. The van der Waals surface area contributed by atoms with Crippen LogP contribution >= 0.6 is 0 Å². The molecule has 0 spiro atoms. The molecule has 0 aromatic rings. The van der Waals surface area contributed by atoms with E-state index in [-0.39, 0.29) is 12.1 Å². The monoisotopic (exact) mass is 314 g/mol. The van der Waals surface area contributed by atoms with E-state index in [0.717, 1.165) is 0 Å². The lowest BCUT2D eigenvalue weighted by molar-refractivity contribution is -0.480. The molecule has 22 heavy (non-hydrogen) atoms. The number of esters is 2. The first-order chi connectivity index (χ1) is 9.98. The smallest absolute Gasteiger partial charge is 0.313 e. The summed E-state index contributed by atoms with van der Waals surface area (Å²) in [4.78, 5) is 35.1. The van der Waals surface area contributed by atoms with Gasteiger partial charge in [-0.25, -0.2) is 9.78 Å². The molecule has 1 aliphatic carbocycles. The molecular formula is C16H26O6. The molecular weight excluding hydrogens is 288 g/mol. The van der Waals surface area contributed by atoms with Crippen LogP contribution in [0.4, 0.5) is 0 Å². The van der Waals surface area contributed by atoms with E-state index in [9.17, 15) is 9.59 Å². The zero-order chi connectivity index (χ0) is 16.7. The third-order valence-corrected chi connectivity index (χ3v) is 3.59. The van der Waals surface area contributed by atoms with E-state index in [1.807, 2.05) is 20.8 Å². The van der Waals surface area contributed by atoms with E-state index in [4.69, 9.17) is 19.2 Å². The SMILES string of the molecule is CC(C)(C)OC(=O)C1CCC2OOC2C1C(=O)OC(C)(C)C. The third-order valence-electron chi connectivity index (χ3n) is 3.59. The highest BCUT2D eigenvalue weighted by molar-refractivity contribution is 5.83. The van der Waals surface area contributed by atoms with Crippen molar-refractivity contribution in [1.82, 2.24) is 0 Å². The van der Waals surface area contributed by atoms with E-state index in [1.165, 1.54) is 0 Å². The van der Waals surface area contributed by atoms with E-state index >= 15 is 0 Å². The molecule has 1 aliphatic heterocycles. The van der Waals surface area contributed by atoms with E-state index < -0.39 is 35.1 Å². The fourth-order valence-corrected chi connectivity index (χ4v) is 2.76. The first kappa shape index (κ1) is 17.2. The lowest BCUT2D eigenvalue weighted by Crippen LogP contribution is -2.58. The van der Waals surface area contributed by atoms with Crippen LogP contribution in [0.25, 0.3) is 0 Å². The Morgan fingerprint density at radius 3 is 1.86 bits per heavy atom. The van der Waals surface area contributed by atoms with Crippen LogP contribution in [-0.4, -0.2) is 35.3 Å². The van der Waals surface area contributed by atoms with E-state index in [1.54, 1.807) is 20.8 Å². The van der Waals surface area contributed by atoms with Crippen LogP contribution in [0.15, 0.2) is 0 Å². The Kier molecular flexibility index (Phi) is 4.55. The maximum Gasteiger partial charge on any atom is 0.313 e. The van der Waals surface area contributed by atoms with Gasteiger partial charge in [-0.15, -0.1) is 0 Å². The molecule has 2 fully saturated rings. The second kappa shape index (κ2) is 5.81. The van der Waals surface area contributed by atoms with Gasteiger partial charge in [0.1, 0.15) is 29.3 Å². The van der Waals surface area contributed by atoms with Gasteiger partial charge in [0.05, 0.1) is 5.92 Å². The second-order valence-corrected chi connectivity index (χ2v) is 7.97. The number of rotatable bonds is 2. The molecule has 1 saturated carbocycles. The number of ether oxygens (including phenoxy) is 2. The van der Waals surface area contributed by atoms with Crippen molar-refractivity contribution in [1.29, 1.82) is 0 Å². The molecule has 4 unspecified atom stereocenters. The Bertz CT molecular complexity index is 445. The minimum atomic E-state index is -0.679. The molecule has 2 rings (SSSR count). The van der Waals surface area contributed by atoms with Crippen molar-refractivity contribution in [3.8, 4) is 0 Å². The second-order valence-electron chi connectivity index (χ2n) is 7.97. The number of fused-ring (bicyclic) bond motifs is 1. The number of carbonyl (C=O) groups excluding carboxylic acids is 2. The molecule has 0 radical (unpaired) electrons. The van der Waals surface area contributed by atoms with Gasteiger partial charge in [-0.3, -0.25) is 9.59 Å². The summed E-state index contributed by atoms with van der Waals surface area (Å²) in [6.07, 6.45) is 0.634. The summed E-state index contributed by atoms with van der Waals surface area (Å²) in [5, 5.41) is 0. The van der Waals surface area contributed by atoms with Crippen molar-refractivity contribution in [2.24, 2.45) is 11.8 Å². The molecule has 0 N–H and O–H groups in total. The molecule has 0 bridgehead atoms. The van der Waals surface area contributed by atoms with Gasteiger partial charge in [-0.1, -0.05) is 0 Å². The van der Waals surface area contributed by atoms with Crippen LogP contribution in [-0.2, 0) is 28.8 Å². The van der Waals surface area contributed by atoms with Gasteiger partial charge in [0.2, 0.25) is 0 Å². The van der Waals surface area contributed by atoms with Gasteiger partial charge in [-0.05, 0) is 54.4 Å². The number of hydrogen-bond acceptors (Lipinski definition) is 6. The molecule has 0 aromatic carbocycles. The summed E-state index contributed by atoms with van der Waals surface area (Å²) in [6, 6.07) is 0. The summed E-state index contributed by atoms with van der Waals surface area (Å²) in [6.45, 7) is 10.8. The van der Waals surface area contributed by atoms with Crippen LogP contribution in [0.2, 0.25) is 0 Å². The van der Waals surface area contributed by atoms with Crippen molar-refractivity contribution in [2.45, 2.75) is 77.8 Å². The summed E-state index contributed by atoms with van der Waals surface area (Å²) >= 11 is 0. The lowest BCUT2D eigenvalue weighted by Gasteiger charge is -2.45. The molecule has 6 heteroatoms. The minimum absolute atomic E-state index is 0.142. The first-order valence-electron chi connectivity index (χ1n) is 7.76. The van der Waals surface area contributed by atoms with Crippen molar-refractivity contribution in [2.75, 3.05) is 0 Å². The predicted octanol–water partition coefficient (Wildman–Crippen LogP) is 2.40. The van der Waals surface area contributed by atoms with Crippen molar-refractivity contribution in [3.63, 3.8) is 0 Å². The van der Waals surface area contributed by atoms with Gasteiger partial charge in [0.15, 0.2) is 0 Å². The average molecular weight is 314 g/mol. The summed E-state index contributed by atoms with van der Waals surface area (Å²) < 4.78 is 10.9. The fraction of sp³-hybridized carbons (Fsp3) is 0.875. The molecule has 1 saturated heterocycles. The van der Waals surface area contributed by atoms with Crippen LogP contribution in [0.5, 0.6) is 0 Å². The summed E-state index contributed by atoms with van der Waals surface area (Å²) in [7, 11) is 0. The lowest BCUT2D eigenvalue weighted by atomic mass is 9.75. The summed E-state index contributed by atoms with van der Waals surface area (Å²) in [5.74, 6) is -2.04. The van der Waals surface area contributed by atoms with Crippen LogP contribution < -0.4 is 0 Å². The normalized spacial score (nSPS) is 31.7. The van der Waals surface area contributed by atoms with Crippen molar-refractivity contribution < 1.29 is 28.8 Å². The Labute approximate surface area is 131 Å². The van der Waals surface area contributed by atoms with Crippen LogP contribution in [0.1, 0.15) is 54.4 Å². The maximum absolute atomic E-state index is 12.5. The Hall–Kier alpha value is -1.14. The minimum Gasteiger partial charge on any atom is -0.460 e. The van der Waals surface area contributed by atoms with Crippen LogP contribution in [0, 0.1) is 11.8 Å². The van der Waals surface area contributed by atoms with Gasteiger partial charge >= 0.3 is 11.9 Å². The van der Waals surface area contributed by atoms with Crippen molar-refractivity contribution >= 4 is 11.9 Å². The number of hydrogen-bond donors (Lipinski definition) is 0. The topological polar surface area (TPSA) is 71.1 Å². The molecule has 4 atom stereocenters. The van der Waals surface area contributed by atoms with Crippen LogP contribution in [0.3, 0.4) is 0 Å². The largest absolute Gasteiger partial charge is 0.460 e. The number of carbonyl (C=O) groups is 2. The summed E-state index contributed by atoms with van der Waals surface area (Å²) in [5.41, 5.74) is -1.21. The molecule has 6 nitrogen and oxygen atoms in total. The average Bonchev–Trinajstić information content (AvgIpc) is 2.25. The fourth-order valence-electron chi connectivity index (χ4n) is 2.76. The van der Waals surface area contributed by atoms with Gasteiger partial charge in [0.25, 0.3) is 0 Å². The zero-order valence-electron chi connectivity index (χ0n) is 14.2. The van der Waals surface area contributed by atoms with Gasteiger partial charge in [0, 0.05) is 0 Å². The Balaban J connectivity index is 2.15. The molecule has 126 valence electrons. The van der Waals surface area contributed by atoms with E-state index in [0.29, 0.717) is 12.8 Å². The van der Waals surface area contributed by atoms with Crippen molar-refractivity contribution in [3.05, 3.63) is 0 Å². The first-order valence-corrected chi connectivity index (χ1v) is 7.76. The molecule has 1 heterocycles. The Morgan fingerprint density at radius 2 is 1.41 bits per heavy atom. The zero-order valence-corrected chi connectivity index (χ0v) is 14.2. The standard InChI is InChI=1S/C16H26O6/c1-15(2,3)19-13(17)9-7-8-10-12(22-21-10)11(9)14(18)20-16(4,5)6/h9-12H,7-8H2,1-6H3.